The van der Waals surface area contributed by atoms with Gasteiger partial charge in [0.2, 0.25) is 0 Å². The molecule has 6 nitrogen and oxygen atoms in total. The lowest BCUT2D eigenvalue weighted by Crippen LogP contribution is -2.50. The Bertz CT molecular complexity index is 504. The van der Waals surface area contributed by atoms with Gasteiger partial charge in [0.05, 0.1) is 7.11 Å². The molecule has 8 heteroatoms. The molecule has 2 rings (SSSR count). The summed E-state index contributed by atoms with van der Waals surface area (Å²) in [7, 11) is -2.08. The molecule has 1 aliphatic heterocycles. The summed E-state index contributed by atoms with van der Waals surface area (Å²) in [6, 6.07) is 3.30. The predicted molar refractivity (Wildman–Crippen MR) is 67.1 cm³/mol. The van der Waals surface area contributed by atoms with Gasteiger partial charge in [0.15, 0.2) is 0 Å². The molecule has 100 valence electrons. The number of carbonyl (C=O) groups is 1. The molecule has 0 bridgehead atoms. The van der Waals surface area contributed by atoms with Gasteiger partial charge in [-0.05, 0) is 11.4 Å². The molecule has 0 spiro atoms. The number of hydrogen-bond acceptors (Lipinski definition) is 5. The second kappa shape index (κ2) is 5.25. The van der Waals surface area contributed by atoms with Gasteiger partial charge >= 0.3 is 6.09 Å². The van der Waals surface area contributed by atoms with Crippen molar-refractivity contribution >= 4 is 27.5 Å². The quantitative estimate of drug-likeness (QED) is 0.809. The lowest BCUT2D eigenvalue weighted by Gasteiger charge is -2.32. The summed E-state index contributed by atoms with van der Waals surface area (Å²) in [6.45, 7) is 1.32. The maximum atomic E-state index is 12.2. The van der Waals surface area contributed by atoms with E-state index in [1.807, 2.05) is 0 Å². The van der Waals surface area contributed by atoms with Crippen molar-refractivity contribution in [3.8, 4) is 0 Å². The number of amides is 1. The number of ether oxygens (including phenoxy) is 1. The molecule has 1 aromatic heterocycles. The van der Waals surface area contributed by atoms with Crippen LogP contribution >= 0.6 is 11.3 Å². The van der Waals surface area contributed by atoms with Gasteiger partial charge in [-0.2, -0.15) is 4.31 Å². The van der Waals surface area contributed by atoms with Crippen molar-refractivity contribution in [3.05, 3.63) is 17.5 Å². The predicted octanol–water partition coefficient (Wildman–Crippen LogP) is 0.821. The van der Waals surface area contributed by atoms with E-state index in [9.17, 15) is 13.2 Å². The van der Waals surface area contributed by atoms with Crippen molar-refractivity contribution in [2.45, 2.75) is 4.21 Å². The number of hydrogen-bond donors (Lipinski definition) is 0. The molecule has 0 saturated carbocycles. The van der Waals surface area contributed by atoms with Gasteiger partial charge in [-0.25, -0.2) is 13.2 Å². The maximum absolute atomic E-state index is 12.2. The minimum absolute atomic E-state index is 0.301. The van der Waals surface area contributed by atoms with Crippen LogP contribution in [0.15, 0.2) is 21.7 Å². The summed E-state index contributed by atoms with van der Waals surface area (Å²) < 4.78 is 30.7. The minimum atomic E-state index is -3.40. The fourth-order valence-electron chi connectivity index (χ4n) is 1.78. The number of methoxy groups -OCH3 is 1. The Balaban J connectivity index is 2.04. The van der Waals surface area contributed by atoms with Gasteiger partial charge < -0.3 is 9.64 Å². The standard InChI is InChI=1S/C10H14N2O4S2/c1-16-10(13)11-4-6-12(7-5-11)18(14,15)9-3-2-8-17-9/h2-3,8H,4-7H2,1H3. The Morgan fingerprint density at radius 1 is 1.33 bits per heavy atom. The van der Waals surface area contributed by atoms with E-state index in [4.69, 9.17) is 0 Å². The van der Waals surface area contributed by atoms with E-state index in [1.54, 1.807) is 17.5 Å². The van der Waals surface area contributed by atoms with Crippen LogP contribution in [0.4, 0.5) is 4.79 Å². The SMILES string of the molecule is COC(=O)N1CCN(S(=O)(=O)c2cccs2)CC1. The number of carbonyl (C=O) groups excluding carboxylic acids is 1. The largest absolute Gasteiger partial charge is 0.453 e. The van der Waals surface area contributed by atoms with Gasteiger partial charge in [-0.15, -0.1) is 11.3 Å². The third kappa shape index (κ3) is 2.50. The summed E-state index contributed by atoms with van der Waals surface area (Å²) >= 11 is 1.20. The topological polar surface area (TPSA) is 66.9 Å². The van der Waals surface area contributed by atoms with Crippen LogP contribution in [-0.2, 0) is 14.8 Å². The smallest absolute Gasteiger partial charge is 0.409 e. The van der Waals surface area contributed by atoms with Crippen molar-refractivity contribution in [2.75, 3.05) is 33.3 Å². The lowest BCUT2D eigenvalue weighted by atomic mass is 10.4. The highest BCUT2D eigenvalue weighted by atomic mass is 32.2. The maximum Gasteiger partial charge on any atom is 0.409 e. The first kappa shape index (κ1) is 13.3. The average molecular weight is 290 g/mol. The lowest BCUT2D eigenvalue weighted by molar-refractivity contribution is 0.108. The van der Waals surface area contributed by atoms with E-state index in [1.165, 1.54) is 27.7 Å². The number of piperazine rings is 1. The van der Waals surface area contributed by atoms with E-state index in [-0.39, 0.29) is 0 Å². The zero-order valence-electron chi connectivity index (χ0n) is 9.90. The first-order valence-electron chi connectivity index (χ1n) is 5.42. The highest BCUT2D eigenvalue weighted by Gasteiger charge is 2.30. The second-order valence-electron chi connectivity index (χ2n) is 3.79. The van der Waals surface area contributed by atoms with Crippen molar-refractivity contribution in [1.82, 2.24) is 9.21 Å². The molecule has 0 aromatic carbocycles. The average Bonchev–Trinajstić information content (AvgIpc) is 2.92. The Morgan fingerprint density at radius 2 is 2.00 bits per heavy atom. The monoisotopic (exact) mass is 290 g/mol. The van der Waals surface area contributed by atoms with Crippen molar-refractivity contribution in [3.63, 3.8) is 0 Å². The van der Waals surface area contributed by atoms with Crippen LogP contribution in [0.2, 0.25) is 0 Å². The van der Waals surface area contributed by atoms with Crippen molar-refractivity contribution in [2.24, 2.45) is 0 Å². The molecular weight excluding hydrogens is 276 g/mol. The molecule has 1 amide bonds. The molecule has 0 unspecified atom stereocenters. The Hall–Kier alpha value is -1.12. The number of thiophene rings is 1. The van der Waals surface area contributed by atoms with Gasteiger partial charge in [-0.1, -0.05) is 6.07 Å². The first-order chi connectivity index (χ1) is 8.55. The fraction of sp³-hybridized carbons (Fsp3) is 0.500. The molecule has 1 aliphatic rings. The van der Waals surface area contributed by atoms with E-state index in [0.717, 1.165) is 0 Å². The molecule has 2 heterocycles. The van der Waals surface area contributed by atoms with Crippen LogP contribution in [0, 0.1) is 0 Å². The highest BCUT2D eigenvalue weighted by Crippen LogP contribution is 2.22. The normalized spacial score (nSPS) is 17.7. The number of sulfonamides is 1. The third-order valence-electron chi connectivity index (χ3n) is 2.76. The van der Waals surface area contributed by atoms with Gasteiger partial charge in [0, 0.05) is 26.2 Å². The summed E-state index contributed by atoms with van der Waals surface area (Å²) in [5.74, 6) is 0. The molecular formula is C10H14N2O4S2. The van der Waals surface area contributed by atoms with Crippen LogP contribution in [-0.4, -0.2) is 57.0 Å². The molecule has 1 saturated heterocycles. The highest BCUT2D eigenvalue weighted by molar-refractivity contribution is 7.91. The van der Waals surface area contributed by atoms with Crippen LogP contribution < -0.4 is 0 Å². The summed E-state index contributed by atoms with van der Waals surface area (Å²) in [5, 5.41) is 1.73. The van der Waals surface area contributed by atoms with Crippen LogP contribution in [0.3, 0.4) is 0 Å². The molecule has 1 fully saturated rings. The first-order valence-corrected chi connectivity index (χ1v) is 7.74. The Kier molecular flexibility index (Phi) is 3.88. The summed E-state index contributed by atoms with van der Waals surface area (Å²) in [6.07, 6.45) is -0.414. The molecule has 1 aromatic rings. The minimum Gasteiger partial charge on any atom is -0.453 e. The molecule has 0 atom stereocenters. The summed E-state index contributed by atoms with van der Waals surface area (Å²) in [5.41, 5.74) is 0. The Morgan fingerprint density at radius 3 is 2.50 bits per heavy atom. The zero-order chi connectivity index (χ0) is 13.2. The van der Waals surface area contributed by atoms with E-state index in [2.05, 4.69) is 4.74 Å². The van der Waals surface area contributed by atoms with E-state index >= 15 is 0 Å². The van der Waals surface area contributed by atoms with Crippen LogP contribution in [0.25, 0.3) is 0 Å². The van der Waals surface area contributed by atoms with Crippen molar-refractivity contribution in [1.29, 1.82) is 0 Å². The van der Waals surface area contributed by atoms with Gasteiger partial charge in [0.1, 0.15) is 4.21 Å². The third-order valence-corrected chi connectivity index (χ3v) is 6.03. The fourth-order valence-corrected chi connectivity index (χ4v) is 4.34. The second-order valence-corrected chi connectivity index (χ2v) is 6.91. The summed E-state index contributed by atoms with van der Waals surface area (Å²) in [4.78, 5) is 12.8. The molecule has 0 N–H and O–H groups in total. The number of rotatable bonds is 2. The number of nitrogens with zero attached hydrogens (tertiary/aromatic N) is 2. The van der Waals surface area contributed by atoms with Crippen LogP contribution in [0.1, 0.15) is 0 Å². The van der Waals surface area contributed by atoms with Gasteiger partial charge in [-0.3, -0.25) is 0 Å². The zero-order valence-corrected chi connectivity index (χ0v) is 11.5. The van der Waals surface area contributed by atoms with Crippen molar-refractivity contribution < 1.29 is 17.9 Å². The molecule has 0 radical (unpaired) electrons. The molecule has 18 heavy (non-hydrogen) atoms. The molecule has 0 aliphatic carbocycles. The van der Waals surface area contributed by atoms with Gasteiger partial charge in [0.25, 0.3) is 10.0 Å². The Labute approximate surface area is 110 Å². The van der Waals surface area contributed by atoms with E-state index in [0.29, 0.717) is 30.4 Å². The van der Waals surface area contributed by atoms with Crippen LogP contribution in [0.5, 0.6) is 0 Å². The van der Waals surface area contributed by atoms with E-state index < -0.39 is 16.1 Å².